The molecule has 0 saturated carbocycles. The highest BCUT2D eigenvalue weighted by Crippen LogP contribution is 2.50. The van der Waals surface area contributed by atoms with Gasteiger partial charge in [0.15, 0.2) is 31.8 Å². The molecule has 0 radical (unpaired) electrons. The van der Waals surface area contributed by atoms with Crippen LogP contribution in [-0.2, 0) is 23.4 Å². The first-order valence-electron chi connectivity index (χ1n) is 15.1. The summed E-state index contributed by atoms with van der Waals surface area (Å²) < 4.78 is 30.6. The van der Waals surface area contributed by atoms with Gasteiger partial charge in [-0.1, -0.05) is 32.9 Å². The minimum atomic E-state index is -2.48. The summed E-state index contributed by atoms with van der Waals surface area (Å²) in [7, 11) is 0.172. The summed E-state index contributed by atoms with van der Waals surface area (Å²) in [6.45, 7) is 13.1. The maximum absolute atomic E-state index is 13.8. The van der Waals surface area contributed by atoms with Crippen molar-refractivity contribution in [1.82, 2.24) is 0 Å². The molecule has 4 N–H and O–H groups in total. The Hall–Kier alpha value is -3.01. The van der Waals surface area contributed by atoms with Gasteiger partial charge in [0.25, 0.3) is 0 Å². The number of phenols is 2. The number of carbonyl (C=O) groups excluding carboxylic acids is 3. The molecule has 0 spiro atoms. The normalized spacial score (nSPS) is 31.4. The van der Waals surface area contributed by atoms with Crippen LogP contribution in [0.5, 0.6) is 11.5 Å². The zero-order valence-corrected chi connectivity index (χ0v) is 28.4. The number of benzene rings is 2. The Morgan fingerprint density at radius 1 is 0.935 bits per heavy atom. The van der Waals surface area contributed by atoms with Crippen molar-refractivity contribution < 1.29 is 58.2 Å². The van der Waals surface area contributed by atoms with Gasteiger partial charge in [-0.05, 0) is 44.1 Å². The van der Waals surface area contributed by atoms with E-state index in [1.54, 1.807) is 6.92 Å². The number of phenolic OH excluding ortho intramolecular Hbond substituents is 2. The second-order valence-corrected chi connectivity index (χ2v) is 18.7. The van der Waals surface area contributed by atoms with Crippen LogP contribution in [0.2, 0.25) is 18.1 Å². The number of fused-ring (bicyclic) bond motifs is 3. The molecule has 3 aliphatic rings. The van der Waals surface area contributed by atoms with Crippen LogP contribution >= 0.6 is 0 Å². The number of aliphatic hydroxyl groups excluding tert-OH is 1. The number of ether oxygens (including phenoxy) is 4. The van der Waals surface area contributed by atoms with Crippen molar-refractivity contribution in [1.29, 1.82) is 0 Å². The van der Waals surface area contributed by atoms with Crippen molar-refractivity contribution in [3.8, 4) is 11.5 Å². The van der Waals surface area contributed by atoms with E-state index in [-0.39, 0.29) is 32.9 Å². The Morgan fingerprint density at radius 2 is 1.59 bits per heavy atom. The van der Waals surface area contributed by atoms with Gasteiger partial charge in [-0.25, -0.2) is 0 Å². The maximum atomic E-state index is 13.8. The van der Waals surface area contributed by atoms with Crippen LogP contribution in [0, 0.1) is 0 Å². The smallest absolute Gasteiger partial charge is 0.201 e. The Kier molecular flexibility index (Phi) is 8.65. The van der Waals surface area contributed by atoms with Crippen molar-refractivity contribution in [3.05, 3.63) is 57.6 Å². The second-order valence-electron chi connectivity index (χ2n) is 13.9. The molecule has 1 fully saturated rings. The van der Waals surface area contributed by atoms with E-state index >= 15 is 0 Å². The minimum absolute atomic E-state index is 0.0895. The van der Waals surface area contributed by atoms with Crippen LogP contribution in [0.1, 0.15) is 88.5 Å². The van der Waals surface area contributed by atoms with E-state index in [9.17, 15) is 34.8 Å². The highest BCUT2D eigenvalue weighted by Gasteiger charge is 2.57. The number of hydrogen-bond acceptors (Lipinski definition) is 12. The van der Waals surface area contributed by atoms with Crippen LogP contribution in [0.25, 0.3) is 0 Å². The minimum Gasteiger partial charge on any atom is -0.507 e. The lowest BCUT2D eigenvalue weighted by Gasteiger charge is -2.49. The molecule has 12 nitrogen and oxygen atoms in total. The Labute approximate surface area is 268 Å². The van der Waals surface area contributed by atoms with Crippen molar-refractivity contribution >= 4 is 25.7 Å². The number of rotatable bonds is 6. The summed E-state index contributed by atoms with van der Waals surface area (Å²) in [6, 6.07) is 5.17. The van der Waals surface area contributed by atoms with Crippen molar-refractivity contribution in [2.45, 2.75) is 101 Å². The molecule has 1 heterocycles. The number of carbonyl (C=O) groups is 3. The van der Waals surface area contributed by atoms with Crippen LogP contribution in [0.4, 0.5) is 0 Å². The first kappa shape index (κ1) is 34.3. The van der Waals surface area contributed by atoms with Gasteiger partial charge in [-0.15, -0.1) is 0 Å². The van der Waals surface area contributed by atoms with Gasteiger partial charge in [0, 0.05) is 36.5 Å². The molecule has 250 valence electrons. The van der Waals surface area contributed by atoms with Gasteiger partial charge in [0.05, 0.1) is 17.2 Å². The number of Topliss-reactive ketones (excluding diaryl/α,β-unsaturated/α-hetero) is 1. The molecule has 0 amide bonds. The van der Waals surface area contributed by atoms with Gasteiger partial charge < -0.3 is 43.8 Å². The van der Waals surface area contributed by atoms with Crippen molar-refractivity contribution in [3.63, 3.8) is 0 Å². The molecule has 8 atom stereocenters. The molecule has 2 aromatic carbocycles. The molecule has 0 bridgehead atoms. The predicted molar refractivity (Wildman–Crippen MR) is 166 cm³/mol. The Morgan fingerprint density at radius 3 is 2.17 bits per heavy atom. The van der Waals surface area contributed by atoms with Crippen LogP contribution in [0.15, 0.2) is 24.3 Å². The van der Waals surface area contributed by atoms with Crippen LogP contribution < -0.4 is 0 Å². The lowest BCUT2D eigenvalue weighted by Crippen LogP contribution is -2.63. The zero-order chi connectivity index (χ0) is 34.3. The lowest BCUT2D eigenvalue weighted by molar-refractivity contribution is -0.319. The summed E-state index contributed by atoms with van der Waals surface area (Å²) in [5.41, 5.74) is -3.74. The average Bonchev–Trinajstić information content (AvgIpc) is 2.96. The van der Waals surface area contributed by atoms with E-state index < -0.39 is 91.2 Å². The number of aliphatic hydroxyl groups is 2. The number of ketones is 3. The van der Waals surface area contributed by atoms with Gasteiger partial charge in [-0.2, -0.15) is 0 Å². The number of methoxy groups -OCH3 is 2. The van der Waals surface area contributed by atoms with E-state index in [0.717, 1.165) is 6.07 Å². The van der Waals surface area contributed by atoms with Crippen LogP contribution in [-0.4, -0.2) is 103 Å². The molecule has 46 heavy (non-hydrogen) atoms. The third-order valence-electron chi connectivity index (χ3n) is 9.95. The van der Waals surface area contributed by atoms with E-state index in [1.807, 2.05) is 13.1 Å². The van der Waals surface area contributed by atoms with E-state index in [4.69, 9.17) is 23.4 Å². The summed E-state index contributed by atoms with van der Waals surface area (Å²) in [5, 5.41) is 44.7. The average molecular weight is 659 g/mol. The monoisotopic (exact) mass is 658 g/mol. The van der Waals surface area contributed by atoms with Crippen molar-refractivity contribution in [2.75, 3.05) is 14.2 Å². The lowest BCUT2D eigenvalue weighted by atomic mass is 9.72. The number of hydrogen-bond donors (Lipinski definition) is 4. The van der Waals surface area contributed by atoms with E-state index in [1.165, 1.54) is 39.3 Å². The van der Waals surface area contributed by atoms with Gasteiger partial charge in [0.1, 0.15) is 42.0 Å². The molecule has 2 aromatic rings. The molecule has 1 aliphatic heterocycles. The third kappa shape index (κ3) is 5.13. The van der Waals surface area contributed by atoms with Gasteiger partial charge in [-0.3, -0.25) is 14.4 Å². The third-order valence-corrected chi connectivity index (χ3v) is 14.4. The molecule has 5 rings (SSSR count). The van der Waals surface area contributed by atoms with Gasteiger partial charge in [0.2, 0.25) is 5.78 Å². The van der Waals surface area contributed by atoms with Gasteiger partial charge >= 0.3 is 0 Å². The quantitative estimate of drug-likeness (QED) is 0.284. The topological polar surface area (TPSA) is 178 Å². The largest absolute Gasteiger partial charge is 0.507 e. The highest BCUT2D eigenvalue weighted by molar-refractivity contribution is 6.74. The molecular weight excluding hydrogens is 616 g/mol. The van der Waals surface area contributed by atoms with Crippen molar-refractivity contribution in [2.24, 2.45) is 0 Å². The fourth-order valence-electron chi connectivity index (χ4n) is 6.29. The molecular formula is C33H42O12Si. The first-order chi connectivity index (χ1) is 21.3. The van der Waals surface area contributed by atoms with Crippen LogP contribution in [0.3, 0.4) is 0 Å². The van der Waals surface area contributed by atoms with E-state index in [2.05, 4.69) is 20.8 Å². The fourth-order valence-corrected chi connectivity index (χ4v) is 7.59. The summed E-state index contributed by atoms with van der Waals surface area (Å²) in [5.74, 6) is -3.57. The SMILES string of the molecule is COC1C(O[C@@H]2c3c(cc4c(c3O)C(=O)c3c(O)cccc3C4=O)C(=O)[C@@](C)(O)[C@H]2OC)OC(C)C(O)C1O[Si](C)(C)C(C)(C)C. The molecule has 1 saturated heterocycles. The maximum Gasteiger partial charge on any atom is 0.201 e. The first-order valence-corrected chi connectivity index (χ1v) is 18.0. The standard InChI is InChI=1S/C33H42O12Si/c1-14-22(35)27(45-46(8,9)32(2,3)4)28(41-6)31(43-14)44-26-21-17(29(39)33(5,40)30(26)42-7)13-16-20(25(21)38)24(37)19-15(23(16)36)11-10-12-18(19)34/h10-14,22,26-28,30-31,34-35,38,40H,1-9H3/t14?,22?,26-,27?,28?,30+,31?,33-/m1/s1. The fraction of sp³-hybridized carbons (Fsp3) is 0.545. The predicted octanol–water partition coefficient (Wildman–Crippen LogP) is 3.40. The second kappa shape index (κ2) is 11.6. The summed E-state index contributed by atoms with van der Waals surface area (Å²) in [4.78, 5) is 41.0. The summed E-state index contributed by atoms with van der Waals surface area (Å²) >= 11 is 0. The molecule has 0 aromatic heterocycles. The molecule has 5 unspecified atom stereocenters. The zero-order valence-electron chi connectivity index (χ0n) is 27.4. The number of aromatic hydroxyl groups is 2. The highest BCUT2D eigenvalue weighted by atomic mass is 28.4. The Balaban J connectivity index is 1.65. The Bertz CT molecular complexity index is 1590. The van der Waals surface area contributed by atoms with E-state index in [0.29, 0.717) is 0 Å². The molecule has 13 heteroatoms. The summed E-state index contributed by atoms with van der Waals surface area (Å²) in [6.07, 6.45) is -8.00. The molecule has 2 aliphatic carbocycles.